The van der Waals surface area contributed by atoms with Crippen LogP contribution in [0.5, 0.6) is 5.75 Å². The van der Waals surface area contributed by atoms with E-state index in [1.165, 1.54) is 16.3 Å². The van der Waals surface area contributed by atoms with Crippen LogP contribution in [0.4, 0.5) is 0 Å². The van der Waals surface area contributed by atoms with Crippen molar-refractivity contribution in [3.8, 4) is 5.75 Å². The number of benzene rings is 2. The maximum Gasteiger partial charge on any atom is 0.124 e. The van der Waals surface area contributed by atoms with E-state index in [4.69, 9.17) is 4.74 Å². The van der Waals surface area contributed by atoms with E-state index in [-0.39, 0.29) is 6.10 Å². The first-order valence-corrected chi connectivity index (χ1v) is 6.68. The largest absolute Gasteiger partial charge is 0.493 e. The summed E-state index contributed by atoms with van der Waals surface area (Å²) in [5, 5.41) is 14.9. The monoisotopic (exact) mass is 259 g/mol. The zero-order valence-corrected chi connectivity index (χ0v) is 11.5. The van der Waals surface area contributed by atoms with Crippen LogP contribution in [-0.4, -0.2) is 24.9 Å². The fourth-order valence-corrected chi connectivity index (χ4v) is 2.15. The highest BCUT2D eigenvalue weighted by atomic mass is 16.5. The lowest BCUT2D eigenvalue weighted by Crippen LogP contribution is -2.11. The van der Waals surface area contributed by atoms with Crippen LogP contribution < -0.4 is 10.1 Å². The zero-order chi connectivity index (χ0) is 13.7. The summed E-state index contributed by atoms with van der Waals surface area (Å²) in [5.74, 6) is 0.897. The van der Waals surface area contributed by atoms with Crippen LogP contribution in [0.2, 0.25) is 0 Å². The van der Waals surface area contributed by atoms with Gasteiger partial charge in [-0.05, 0) is 30.8 Å². The number of fused-ring (bicyclic) bond motifs is 1. The van der Waals surface area contributed by atoms with Crippen LogP contribution in [0.25, 0.3) is 10.8 Å². The molecule has 0 bridgehead atoms. The summed E-state index contributed by atoms with van der Waals surface area (Å²) < 4.78 is 5.81. The van der Waals surface area contributed by atoms with Gasteiger partial charge in [-0.3, -0.25) is 0 Å². The third-order valence-electron chi connectivity index (χ3n) is 3.14. The average Bonchev–Trinajstić information content (AvgIpc) is 2.41. The van der Waals surface area contributed by atoms with Crippen LogP contribution in [0, 0.1) is 0 Å². The Hall–Kier alpha value is -1.58. The van der Waals surface area contributed by atoms with Gasteiger partial charge in [0, 0.05) is 18.5 Å². The predicted octanol–water partition coefficient (Wildman–Crippen LogP) is 2.71. The Kier molecular flexibility index (Phi) is 4.77. The predicted molar refractivity (Wildman–Crippen MR) is 78.5 cm³/mol. The molecular weight excluding hydrogens is 238 g/mol. The van der Waals surface area contributed by atoms with Gasteiger partial charge in [0.1, 0.15) is 5.75 Å². The lowest BCUT2D eigenvalue weighted by Gasteiger charge is -2.14. The van der Waals surface area contributed by atoms with Crippen LogP contribution in [0.15, 0.2) is 36.4 Å². The molecule has 0 aromatic heterocycles. The van der Waals surface area contributed by atoms with Crippen LogP contribution in [0.1, 0.15) is 18.9 Å². The SMILES string of the molecule is CNCc1c(OCCC(C)O)ccc2ccccc12. The second-order valence-electron chi connectivity index (χ2n) is 4.78. The lowest BCUT2D eigenvalue weighted by molar-refractivity contribution is 0.155. The fourth-order valence-electron chi connectivity index (χ4n) is 2.15. The fraction of sp³-hybridized carbons (Fsp3) is 0.375. The molecule has 0 radical (unpaired) electrons. The van der Waals surface area contributed by atoms with Gasteiger partial charge in [0.05, 0.1) is 12.7 Å². The van der Waals surface area contributed by atoms with Gasteiger partial charge in [-0.25, -0.2) is 0 Å². The highest BCUT2D eigenvalue weighted by Crippen LogP contribution is 2.28. The maximum absolute atomic E-state index is 9.28. The minimum Gasteiger partial charge on any atom is -0.493 e. The van der Waals surface area contributed by atoms with Crippen molar-refractivity contribution in [2.24, 2.45) is 0 Å². The van der Waals surface area contributed by atoms with E-state index in [1.807, 2.05) is 25.2 Å². The van der Waals surface area contributed by atoms with E-state index in [0.717, 1.165) is 12.3 Å². The van der Waals surface area contributed by atoms with Gasteiger partial charge in [0.15, 0.2) is 0 Å². The minimum absolute atomic E-state index is 0.326. The number of rotatable bonds is 6. The third-order valence-corrected chi connectivity index (χ3v) is 3.14. The molecule has 3 nitrogen and oxygen atoms in total. The van der Waals surface area contributed by atoms with Crippen molar-refractivity contribution in [2.75, 3.05) is 13.7 Å². The van der Waals surface area contributed by atoms with Crippen molar-refractivity contribution in [2.45, 2.75) is 26.0 Å². The molecule has 2 rings (SSSR count). The molecule has 0 saturated carbocycles. The molecular formula is C16H21NO2. The van der Waals surface area contributed by atoms with Crippen molar-refractivity contribution in [3.05, 3.63) is 42.0 Å². The van der Waals surface area contributed by atoms with Gasteiger partial charge in [0.25, 0.3) is 0 Å². The van der Waals surface area contributed by atoms with E-state index in [1.54, 1.807) is 6.92 Å². The highest BCUT2D eigenvalue weighted by Gasteiger charge is 2.08. The summed E-state index contributed by atoms with van der Waals surface area (Å²) in [6, 6.07) is 12.4. The van der Waals surface area contributed by atoms with Crippen molar-refractivity contribution >= 4 is 10.8 Å². The Labute approximate surface area is 114 Å². The molecule has 19 heavy (non-hydrogen) atoms. The molecule has 1 unspecified atom stereocenters. The van der Waals surface area contributed by atoms with Gasteiger partial charge < -0.3 is 15.2 Å². The molecule has 2 N–H and O–H groups in total. The Balaban J connectivity index is 2.29. The van der Waals surface area contributed by atoms with Crippen LogP contribution >= 0.6 is 0 Å². The van der Waals surface area contributed by atoms with E-state index in [0.29, 0.717) is 13.0 Å². The number of ether oxygens (including phenoxy) is 1. The van der Waals surface area contributed by atoms with E-state index in [9.17, 15) is 5.11 Å². The standard InChI is InChI=1S/C16H21NO2/c1-12(18)9-10-19-16-8-7-13-5-3-4-6-14(13)15(16)11-17-2/h3-8,12,17-18H,9-11H2,1-2H3. The molecule has 0 saturated heterocycles. The number of hydrogen-bond acceptors (Lipinski definition) is 3. The maximum atomic E-state index is 9.28. The van der Waals surface area contributed by atoms with Crippen LogP contribution in [0.3, 0.4) is 0 Å². The molecule has 2 aromatic rings. The zero-order valence-electron chi connectivity index (χ0n) is 11.5. The Bertz CT molecular complexity index is 537. The number of aliphatic hydroxyl groups is 1. The molecule has 0 aliphatic heterocycles. The van der Waals surface area contributed by atoms with Crippen molar-refractivity contribution in [3.63, 3.8) is 0 Å². The number of hydrogen-bond donors (Lipinski definition) is 2. The first-order chi connectivity index (χ1) is 9.22. The molecule has 3 heteroatoms. The quantitative estimate of drug-likeness (QED) is 0.838. The summed E-state index contributed by atoms with van der Waals surface area (Å²) in [6.07, 6.45) is 0.319. The summed E-state index contributed by atoms with van der Waals surface area (Å²) in [7, 11) is 1.93. The number of nitrogens with one attached hydrogen (secondary N) is 1. The molecule has 0 aliphatic rings. The second kappa shape index (κ2) is 6.55. The van der Waals surface area contributed by atoms with Crippen molar-refractivity contribution in [1.29, 1.82) is 0 Å². The number of aliphatic hydroxyl groups excluding tert-OH is 1. The highest BCUT2D eigenvalue weighted by molar-refractivity contribution is 5.87. The molecule has 0 spiro atoms. The molecule has 1 atom stereocenters. The third kappa shape index (κ3) is 3.46. The Morgan fingerprint density at radius 3 is 2.74 bits per heavy atom. The van der Waals surface area contributed by atoms with E-state index >= 15 is 0 Å². The molecule has 0 heterocycles. The Morgan fingerprint density at radius 1 is 1.21 bits per heavy atom. The van der Waals surface area contributed by atoms with Crippen molar-refractivity contribution < 1.29 is 9.84 Å². The first kappa shape index (κ1) is 13.8. The molecule has 0 amide bonds. The topological polar surface area (TPSA) is 41.5 Å². The summed E-state index contributed by atoms with van der Waals surface area (Å²) in [5.41, 5.74) is 1.17. The van der Waals surface area contributed by atoms with E-state index < -0.39 is 0 Å². The van der Waals surface area contributed by atoms with Crippen LogP contribution in [-0.2, 0) is 6.54 Å². The van der Waals surface area contributed by atoms with Gasteiger partial charge >= 0.3 is 0 Å². The first-order valence-electron chi connectivity index (χ1n) is 6.68. The molecule has 2 aromatic carbocycles. The van der Waals surface area contributed by atoms with E-state index in [2.05, 4.69) is 23.5 Å². The lowest BCUT2D eigenvalue weighted by atomic mass is 10.0. The normalized spacial score (nSPS) is 12.6. The second-order valence-corrected chi connectivity index (χ2v) is 4.78. The molecule has 0 aliphatic carbocycles. The van der Waals surface area contributed by atoms with Crippen molar-refractivity contribution in [1.82, 2.24) is 5.32 Å². The smallest absolute Gasteiger partial charge is 0.124 e. The summed E-state index contributed by atoms with van der Waals surface area (Å²) in [4.78, 5) is 0. The van der Waals surface area contributed by atoms with Gasteiger partial charge in [-0.2, -0.15) is 0 Å². The summed E-state index contributed by atoms with van der Waals surface area (Å²) in [6.45, 7) is 3.08. The summed E-state index contributed by atoms with van der Waals surface area (Å²) >= 11 is 0. The Morgan fingerprint density at radius 2 is 2.00 bits per heavy atom. The van der Waals surface area contributed by atoms with Gasteiger partial charge in [0.2, 0.25) is 0 Å². The molecule has 102 valence electrons. The minimum atomic E-state index is -0.326. The van der Waals surface area contributed by atoms with Gasteiger partial charge in [-0.15, -0.1) is 0 Å². The molecule has 0 fully saturated rings. The average molecular weight is 259 g/mol. The van der Waals surface area contributed by atoms with Gasteiger partial charge in [-0.1, -0.05) is 30.3 Å².